The zero-order valence-electron chi connectivity index (χ0n) is 15.1. The van der Waals surface area contributed by atoms with Crippen LogP contribution in [0.1, 0.15) is 20.8 Å². The van der Waals surface area contributed by atoms with Crippen molar-refractivity contribution in [2.24, 2.45) is 0 Å². The number of aromatic nitrogens is 1. The summed E-state index contributed by atoms with van der Waals surface area (Å²) in [6, 6.07) is 13.4. The highest BCUT2D eigenvalue weighted by Gasteiger charge is 2.20. The molecule has 0 saturated heterocycles. The molecule has 0 saturated carbocycles. The molecule has 0 amide bonds. The first kappa shape index (κ1) is 18.2. The predicted molar refractivity (Wildman–Crippen MR) is 110 cm³/mol. The minimum Gasteiger partial charge on any atom is -0.489 e. The van der Waals surface area contributed by atoms with E-state index in [2.05, 4.69) is 4.98 Å². The standard InChI is InChI=1S/C21H18N2O4S/c1-26-21(25)20-18(22)15-9-23-16-7-13(10-24)17(8-14(16)19(15)28-20)27-11-12-5-3-2-4-6-12/h2-9,24H,10-11,22H2,1H3. The number of ether oxygens (including phenoxy) is 2. The van der Waals surface area contributed by atoms with Gasteiger partial charge in [-0.2, -0.15) is 0 Å². The maximum atomic E-state index is 12.0. The highest BCUT2D eigenvalue weighted by atomic mass is 32.1. The first-order valence-corrected chi connectivity index (χ1v) is 9.43. The Morgan fingerprint density at radius 1 is 1.21 bits per heavy atom. The molecule has 7 heteroatoms. The smallest absolute Gasteiger partial charge is 0.350 e. The number of thiophene rings is 1. The van der Waals surface area contributed by atoms with Crippen LogP contribution in [0.2, 0.25) is 0 Å². The predicted octanol–water partition coefficient (Wildman–Crippen LogP) is 3.89. The minimum absolute atomic E-state index is 0.167. The molecule has 0 fully saturated rings. The number of methoxy groups -OCH3 is 1. The van der Waals surface area contributed by atoms with Crippen LogP contribution in [0.4, 0.5) is 5.69 Å². The SMILES string of the molecule is COC(=O)c1sc2c(cnc3cc(CO)c(OCc4ccccc4)cc32)c1N. The van der Waals surface area contributed by atoms with Gasteiger partial charge in [0.25, 0.3) is 0 Å². The van der Waals surface area contributed by atoms with Gasteiger partial charge in [-0.3, -0.25) is 4.98 Å². The highest BCUT2D eigenvalue weighted by Crippen LogP contribution is 2.39. The number of nitrogens with zero attached hydrogens (tertiary/aromatic N) is 1. The van der Waals surface area contributed by atoms with Crippen molar-refractivity contribution in [1.82, 2.24) is 4.98 Å². The molecule has 142 valence electrons. The molecule has 0 radical (unpaired) electrons. The van der Waals surface area contributed by atoms with E-state index in [-0.39, 0.29) is 6.61 Å². The van der Waals surface area contributed by atoms with E-state index in [0.29, 0.717) is 39.4 Å². The second kappa shape index (κ2) is 7.46. The number of esters is 1. The number of benzene rings is 2. The number of hydrogen-bond donors (Lipinski definition) is 2. The van der Waals surface area contributed by atoms with Gasteiger partial charge in [-0.05, 0) is 17.7 Å². The summed E-state index contributed by atoms with van der Waals surface area (Å²) in [6.07, 6.45) is 1.64. The summed E-state index contributed by atoms with van der Waals surface area (Å²) in [7, 11) is 1.32. The van der Waals surface area contributed by atoms with Crippen LogP contribution in [-0.2, 0) is 18.0 Å². The van der Waals surface area contributed by atoms with Gasteiger partial charge < -0.3 is 20.3 Å². The van der Waals surface area contributed by atoms with Crippen molar-refractivity contribution in [2.45, 2.75) is 13.2 Å². The molecule has 0 spiro atoms. The fourth-order valence-electron chi connectivity index (χ4n) is 3.06. The van der Waals surface area contributed by atoms with Crippen LogP contribution < -0.4 is 10.5 Å². The van der Waals surface area contributed by atoms with Crippen molar-refractivity contribution in [1.29, 1.82) is 0 Å². The van der Waals surface area contributed by atoms with Crippen LogP contribution in [0, 0.1) is 0 Å². The fourth-order valence-corrected chi connectivity index (χ4v) is 4.19. The molecule has 3 N–H and O–H groups in total. The molecular formula is C21H18N2O4S. The Morgan fingerprint density at radius 3 is 2.71 bits per heavy atom. The van der Waals surface area contributed by atoms with E-state index in [0.717, 1.165) is 15.6 Å². The van der Waals surface area contributed by atoms with Gasteiger partial charge in [-0.15, -0.1) is 11.3 Å². The molecule has 0 atom stereocenters. The van der Waals surface area contributed by atoms with E-state index in [9.17, 15) is 9.90 Å². The Labute approximate surface area is 165 Å². The number of fused-ring (bicyclic) bond motifs is 3. The Morgan fingerprint density at radius 2 is 2.00 bits per heavy atom. The van der Waals surface area contributed by atoms with Gasteiger partial charge in [-0.1, -0.05) is 30.3 Å². The first-order chi connectivity index (χ1) is 13.6. The van der Waals surface area contributed by atoms with Crippen LogP contribution >= 0.6 is 11.3 Å². The third-order valence-electron chi connectivity index (χ3n) is 4.52. The third-order valence-corrected chi connectivity index (χ3v) is 5.75. The van der Waals surface area contributed by atoms with Crippen molar-refractivity contribution in [3.63, 3.8) is 0 Å². The highest BCUT2D eigenvalue weighted by molar-refractivity contribution is 7.22. The number of nitrogen functional groups attached to an aromatic ring is 1. The zero-order chi connectivity index (χ0) is 19.7. The van der Waals surface area contributed by atoms with E-state index < -0.39 is 5.97 Å². The topological polar surface area (TPSA) is 94.7 Å². The van der Waals surface area contributed by atoms with Gasteiger partial charge >= 0.3 is 5.97 Å². The summed E-state index contributed by atoms with van der Waals surface area (Å²) in [5.74, 6) is 0.0964. The van der Waals surface area contributed by atoms with Gasteiger partial charge in [0.05, 0.1) is 24.9 Å². The lowest BCUT2D eigenvalue weighted by Gasteiger charge is -2.12. The molecule has 0 bridgehead atoms. The van der Waals surface area contributed by atoms with Crippen LogP contribution in [-0.4, -0.2) is 23.2 Å². The largest absolute Gasteiger partial charge is 0.489 e. The molecular weight excluding hydrogens is 376 g/mol. The molecule has 2 heterocycles. The van der Waals surface area contributed by atoms with Crippen LogP contribution in [0.15, 0.2) is 48.7 Å². The van der Waals surface area contributed by atoms with Gasteiger partial charge in [0, 0.05) is 27.2 Å². The first-order valence-electron chi connectivity index (χ1n) is 8.62. The number of nitrogens with two attached hydrogens (primary N) is 1. The number of carbonyl (C=O) groups excluding carboxylic acids is 1. The summed E-state index contributed by atoms with van der Waals surface area (Å²) >= 11 is 1.27. The molecule has 2 aromatic heterocycles. The monoisotopic (exact) mass is 394 g/mol. The summed E-state index contributed by atoms with van der Waals surface area (Å²) < 4.78 is 11.6. The van der Waals surface area contributed by atoms with Crippen molar-refractivity contribution in [2.75, 3.05) is 12.8 Å². The van der Waals surface area contributed by atoms with E-state index in [4.69, 9.17) is 15.2 Å². The summed E-state index contributed by atoms with van der Waals surface area (Å²) in [5.41, 5.74) is 8.86. The van der Waals surface area contributed by atoms with E-state index in [1.54, 1.807) is 12.3 Å². The molecule has 0 aliphatic heterocycles. The normalized spacial score (nSPS) is 11.1. The second-order valence-electron chi connectivity index (χ2n) is 6.25. The van der Waals surface area contributed by atoms with Crippen molar-refractivity contribution in [3.05, 3.63) is 64.7 Å². The molecule has 0 aliphatic rings. The average Bonchev–Trinajstić information content (AvgIpc) is 3.08. The quantitative estimate of drug-likeness (QED) is 0.499. The average molecular weight is 394 g/mol. The lowest BCUT2D eigenvalue weighted by Crippen LogP contribution is -2.01. The molecule has 0 unspecified atom stereocenters. The van der Waals surface area contributed by atoms with E-state index in [1.807, 2.05) is 36.4 Å². The molecule has 0 aliphatic carbocycles. The van der Waals surface area contributed by atoms with Crippen LogP contribution in [0.25, 0.3) is 21.0 Å². The van der Waals surface area contributed by atoms with Crippen LogP contribution in [0.3, 0.4) is 0 Å². The van der Waals surface area contributed by atoms with E-state index >= 15 is 0 Å². The lowest BCUT2D eigenvalue weighted by molar-refractivity contribution is 0.0607. The maximum Gasteiger partial charge on any atom is 0.350 e. The minimum atomic E-state index is -0.473. The molecule has 6 nitrogen and oxygen atoms in total. The maximum absolute atomic E-state index is 12.0. The molecule has 4 rings (SSSR count). The molecule has 4 aromatic rings. The van der Waals surface area contributed by atoms with Gasteiger partial charge in [0.2, 0.25) is 0 Å². The molecule has 2 aromatic carbocycles. The number of rotatable bonds is 5. The van der Waals surface area contributed by atoms with Gasteiger partial charge in [0.15, 0.2) is 0 Å². The lowest BCUT2D eigenvalue weighted by atomic mass is 10.1. The van der Waals surface area contributed by atoms with Gasteiger partial charge in [-0.25, -0.2) is 4.79 Å². The fraction of sp³-hybridized carbons (Fsp3) is 0.143. The van der Waals surface area contributed by atoms with Crippen molar-refractivity contribution in [3.8, 4) is 5.75 Å². The second-order valence-corrected chi connectivity index (χ2v) is 7.27. The molecule has 28 heavy (non-hydrogen) atoms. The summed E-state index contributed by atoms with van der Waals surface area (Å²) in [5, 5.41) is 11.3. The Hall–Kier alpha value is -3.16. The number of hydrogen-bond acceptors (Lipinski definition) is 7. The number of pyridine rings is 1. The van der Waals surface area contributed by atoms with Crippen molar-refractivity contribution >= 4 is 44.0 Å². The Kier molecular flexibility index (Phi) is 4.85. The Bertz CT molecular complexity index is 1170. The van der Waals surface area contributed by atoms with E-state index in [1.165, 1.54) is 18.4 Å². The zero-order valence-corrected chi connectivity index (χ0v) is 16.0. The third kappa shape index (κ3) is 3.15. The number of carbonyl (C=O) groups is 1. The van der Waals surface area contributed by atoms with Crippen molar-refractivity contribution < 1.29 is 19.4 Å². The Balaban J connectivity index is 1.83. The van der Waals surface area contributed by atoms with Gasteiger partial charge in [0.1, 0.15) is 17.2 Å². The number of aliphatic hydroxyl groups is 1. The number of anilines is 1. The summed E-state index contributed by atoms with van der Waals surface area (Å²) in [4.78, 5) is 16.8. The summed E-state index contributed by atoms with van der Waals surface area (Å²) in [6.45, 7) is 0.211. The van der Waals surface area contributed by atoms with Crippen LogP contribution in [0.5, 0.6) is 5.75 Å². The number of aliphatic hydroxyl groups excluding tert-OH is 1.